The number of halogens is 2. The lowest BCUT2D eigenvalue weighted by atomic mass is 10.0. The Morgan fingerprint density at radius 3 is 2.64 bits per heavy atom. The largest absolute Gasteiger partial charge is 0.452 e. The number of rotatable bonds is 5. The lowest BCUT2D eigenvalue weighted by Crippen LogP contribution is -2.29. The fourth-order valence-electron chi connectivity index (χ4n) is 3.87. The minimum absolute atomic E-state index is 0.151. The highest BCUT2D eigenvalue weighted by molar-refractivity contribution is 9.10. The van der Waals surface area contributed by atoms with Crippen LogP contribution in [0.4, 0.5) is 5.69 Å². The van der Waals surface area contributed by atoms with Crippen LogP contribution in [0.2, 0.25) is 5.02 Å². The van der Waals surface area contributed by atoms with E-state index in [1.165, 1.54) is 0 Å². The summed E-state index contributed by atoms with van der Waals surface area (Å²) in [5, 5.41) is 5.62. The number of hydrogen-bond donors (Lipinski definition) is 1. The van der Waals surface area contributed by atoms with Crippen LogP contribution in [0.3, 0.4) is 0 Å². The van der Waals surface area contributed by atoms with Crippen molar-refractivity contribution in [1.82, 2.24) is 10.3 Å². The summed E-state index contributed by atoms with van der Waals surface area (Å²) >= 11 is 17.0. The summed E-state index contributed by atoms with van der Waals surface area (Å²) in [4.78, 5) is 7.77. The number of nitrogens with one attached hydrogen (secondary N) is 1. The third-order valence-corrected chi connectivity index (χ3v) is 7.83. The van der Waals surface area contributed by atoms with Gasteiger partial charge in [-0.2, -0.15) is 0 Å². The molecule has 2 atom stereocenters. The first-order chi connectivity index (χ1) is 16.0. The summed E-state index contributed by atoms with van der Waals surface area (Å²) in [5.41, 5.74) is 3.04. The molecule has 0 radical (unpaired) electrons. The second-order valence-electron chi connectivity index (χ2n) is 7.64. The second kappa shape index (κ2) is 9.50. The summed E-state index contributed by atoms with van der Waals surface area (Å²) in [6.45, 7) is 2.07. The molecule has 2 aromatic heterocycles. The van der Waals surface area contributed by atoms with Crippen LogP contribution in [0.25, 0.3) is 0 Å². The summed E-state index contributed by atoms with van der Waals surface area (Å²) in [7, 11) is 0. The molecule has 0 saturated carbocycles. The summed E-state index contributed by atoms with van der Waals surface area (Å²) < 4.78 is 7.42. The molecule has 5 rings (SSSR count). The van der Waals surface area contributed by atoms with E-state index in [1.54, 1.807) is 18.0 Å². The predicted octanol–water partition coefficient (Wildman–Crippen LogP) is 7.73. The van der Waals surface area contributed by atoms with E-state index in [-0.39, 0.29) is 12.1 Å². The Morgan fingerprint density at radius 1 is 1.09 bits per heavy atom. The summed E-state index contributed by atoms with van der Waals surface area (Å²) in [6.07, 6.45) is 1.80. The number of pyridine rings is 1. The maximum atomic E-state index is 6.36. The maximum absolute atomic E-state index is 6.36. The van der Waals surface area contributed by atoms with Crippen LogP contribution in [0.5, 0.6) is 0 Å². The van der Waals surface area contributed by atoms with Gasteiger partial charge >= 0.3 is 0 Å². The number of hydrogen-bond acceptors (Lipinski definition) is 4. The number of aromatic nitrogens is 1. The lowest BCUT2D eigenvalue weighted by molar-refractivity contribution is 0.383. The molecule has 33 heavy (non-hydrogen) atoms. The highest BCUT2D eigenvalue weighted by Crippen LogP contribution is 2.44. The van der Waals surface area contributed by atoms with Crippen molar-refractivity contribution in [2.75, 3.05) is 4.90 Å². The fraction of sp³-hybridized carbons (Fsp3) is 0.120. The first-order valence-electron chi connectivity index (χ1n) is 10.3. The molecule has 0 bridgehead atoms. The van der Waals surface area contributed by atoms with Crippen molar-refractivity contribution < 1.29 is 4.42 Å². The van der Waals surface area contributed by atoms with Gasteiger partial charge < -0.3 is 14.6 Å². The van der Waals surface area contributed by atoms with Crippen molar-refractivity contribution in [3.63, 3.8) is 0 Å². The van der Waals surface area contributed by atoms with Gasteiger partial charge in [0.2, 0.25) is 0 Å². The Hall–Kier alpha value is -2.32. The Labute approximate surface area is 215 Å². The number of thiocarbonyl (C=S) groups is 1. The van der Waals surface area contributed by atoms with Gasteiger partial charge in [-0.1, -0.05) is 45.4 Å². The average Bonchev–Trinajstić information content (AvgIpc) is 3.42. The van der Waals surface area contributed by atoms with Crippen LogP contribution >= 0.6 is 51.5 Å². The predicted molar refractivity (Wildman–Crippen MR) is 141 cm³/mol. The lowest BCUT2D eigenvalue weighted by Gasteiger charge is -2.26. The van der Waals surface area contributed by atoms with Crippen molar-refractivity contribution in [3.05, 3.63) is 106 Å². The minimum atomic E-state index is -0.187. The van der Waals surface area contributed by atoms with Gasteiger partial charge in [-0.15, -0.1) is 0 Å². The molecule has 0 amide bonds. The van der Waals surface area contributed by atoms with Crippen LogP contribution in [0, 0.1) is 6.92 Å². The Morgan fingerprint density at radius 2 is 1.91 bits per heavy atom. The van der Waals surface area contributed by atoms with Crippen LogP contribution in [-0.4, -0.2) is 10.1 Å². The molecule has 1 aliphatic rings. The van der Waals surface area contributed by atoms with Crippen molar-refractivity contribution in [2.24, 2.45) is 0 Å². The van der Waals surface area contributed by atoms with Gasteiger partial charge in [0, 0.05) is 26.3 Å². The van der Waals surface area contributed by atoms with Crippen molar-refractivity contribution in [3.8, 4) is 0 Å². The quantitative estimate of drug-likeness (QED) is 0.254. The van der Waals surface area contributed by atoms with Crippen LogP contribution in [-0.2, 0) is 0 Å². The molecular formula is C25H19BrClN3OS2. The standard InChI is InChI=1S/C25H19BrClN3OS2/c1-15-14-17(7-10-19(15)26)30-24(23(29-25(30)32)20-4-2-3-13-28-20)21-11-12-22(31-21)33-18-8-5-16(27)6-9-18/h2-14,23-24H,1H3,(H,29,32)/t23-,24+/m1/s1. The number of nitrogens with zero attached hydrogens (tertiary/aromatic N) is 2. The van der Waals surface area contributed by atoms with Gasteiger partial charge in [0.15, 0.2) is 10.2 Å². The number of benzene rings is 2. The molecule has 0 unspecified atom stereocenters. The molecule has 8 heteroatoms. The van der Waals surface area contributed by atoms with Gasteiger partial charge in [-0.05, 0) is 91.4 Å². The van der Waals surface area contributed by atoms with E-state index >= 15 is 0 Å². The molecule has 1 aliphatic heterocycles. The van der Waals surface area contributed by atoms with Crippen molar-refractivity contribution in [2.45, 2.75) is 29.0 Å². The van der Waals surface area contributed by atoms with Crippen LogP contribution < -0.4 is 10.2 Å². The average molecular weight is 557 g/mol. The van der Waals surface area contributed by atoms with E-state index in [2.05, 4.69) is 50.2 Å². The highest BCUT2D eigenvalue weighted by Gasteiger charge is 2.42. The molecule has 1 fully saturated rings. The van der Waals surface area contributed by atoms with Crippen LogP contribution in [0.1, 0.15) is 29.1 Å². The van der Waals surface area contributed by atoms with Crippen LogP contribution in [0.15, 0.2) is 97.9 Å². The zero-order valence-electron chi connectivity index (χ0n) is 17.5. The smallest absolute Gasteiger partial charge is 0.174 e. The Balaban J connectivity index is 1.53. The Bertz CT molecular complexity index is 1300. The normalized spacial score (nSPS) is 17.9. The van der Waals surface area contributed by atoms with Gasteiger partial charge in [0.1, 0.15) is 11.8 Å². The molecule has 4 aromatic rings. The molecule has 3 heterocycles. The van der Waals surface area contributed by atoms with Crippen molar-refractivity contribution in [1.29, 1.82) is 0 Å². The molecule has 0 aliphatic carbocycles. The van der Waals surface area contributed by atoms with Crippen molar-refractivity contribution >= 4 is 62.3 Å². The van der Waals surface area contributed by atoms with E-state index in [0.29, 0.717) is 10.1 Å². The zero-order valence-corrected chi connectivity index (χ0v) is 21.5. The second-order valence-corrected chi connectivity index (χ2v) is 10.4. The highest BCUT2D eigenvalue weighted by atomic mass is 79.9. The van der Waals surface area contributed by atoms with E-state index in [9.17, 15) is 0 Å². The number of aryl methyl sites for hydroxylation is 1. The van der Waals surface area contributed by atoms with Gasteiger partial charge in [-0.3, -0.25) is 4.98 Å². The first-order valence-corrected chi connectivity index (χ1v) is 12.7. The molecule has 2 aromatic carbocycles. The molecule has 0 spiro atoms. The Kier molecular flexibility index (Phi) is 6.47. The monoisotopic (exact) mass is 555 g/mol. The third kappa shape index (κ3) is 4.68. The molecule has 166 valence electrons. The topological polar surface area (TPSA) is 41.3 Å². The van der Waals surface area contributed by atoms with E-state index in [1.807, 2.05) is 60.7 Å². The van der Waals surface area contributed by atoms with E-state index < -0.39 is 0 Å². The van der Waals surface area contributed by atoms with E-state index in [4.69, 9.17) is 28.2 Å². The fourth-order valence-corrected chi connectivity index (χ4v) is 5.36. The molecule has 1 N–H and O–H groups in total. The molecule has 4 nitrogen and oxygen atoms in total. The van der Waals surface area contributed by atoms with E-state index in [0.717, 1.165) is 37.2 Å². The summed E-state index contributed by atoms with van der Waals surface area (Å²) in [5.74, 6) is 0.815. The van der Waals surface area contributed by atoms with Gasteiger partial charge in [0.25, 0.3) is 0 Å². The third-order valence-electron chi connectivity index (χ3n) is 5.44. The number of anilines is 1. The summed E-state index contributed by atoms with van der Waals surface area (Å²) in [6, 6.07) is 23.5. The van der Waals surface area contributed by atoms with Gasteiger partial charge in [-0.25, -0.2) is 0 Å². The van der Waals surface area contributed by atoms with Gasteiger partial charge in [0.05, 0.1) is 11.7 Å². The SMILES string of the molecule is Cc1cc(N2C(=S)N[C@H](c3ccccn3)[C@@H]2c2ccc(Sc3ccc(Cl)cc3)o2)ccc1Br. The molecular weight excluding hydrogens is 538 g/mol. The molecule has 1 saturated heterocycles. The first kappa shape index (κ1) is 22.5. The zero-order chi connectivity index (χ0) is 22.9. The maximum Gasteiger partial charge on any atom is 0.174 e. The minimum Gasteiger partial charge on any atom is -0.452 e. The number of furan rings is 1.